The number of hydrogen-bond acceptors (Lipinski definition) is 3. The molecule has 0 aliphatic rings. The number of hydrogen-bond donors (Lipinski definition) is 2. The second kappa shape index (κ2) is 7.28. The summed E-state index contributed by atoms with van der Waals surface area (Å²) in [5.41, 5.74) is 1.94. The van der Waals surface area contributed by atoms with E-state index in [1.807, 2.05) is 12.1 Å². The lowest BCUT2D eigenvalue weighted by Gasteiger charge is -2.10. The quantitative estimate of drug-likeness (QED) is 0.768. The summed E-state index contributed by atoms with van der Waals surface area (Å²) in [5.74, 6) is 0.346. The number of aryl methyl sites for hydroxylation is 1. The molecule has 0 aliphatic heterocycles. The molecule has 21 heavy (non-hydrogen) atoms. The van der Waals surface area contributed by atoms with Crippen molar-refractivity contribution in [1.29, 1.82) is 0 Å². The summed E-state index contributed by atoms with van der Waals surface area (Å²) < 4.78 is 5.51. The SMILES string of the molecule is C=CCOc1ccccc1NC(=O)c1cc(CCC)[nH]n1. The van der Waals surface area contributed by atoms with Gasteiger partial charge in [-0.25, -0.2) is 0 Å². The molecule has 1 aromatic heterocycles. The summed E-state index contributed by atoms with van der Waals surface area (Å²) in [6.45, 7) is 6.07. The summed E-state index contributed by atoms with van der Waals surface area (Å²) >= 11 is 0. The second-order valence-electron chi connectivity index (χ2n) is 4.58. The molecular weight excluding hydrogens is 266 g/mol. The molecule has 0 atom stereocenters. The normalized spacial score (nSPS) is 10.1. The smallest absolute Gasteiger partial charge is 0.276 e. The standard InChI is InChI=1S/C16H19N3O2/c1-3-7-12-11-14(19-18-12)16(20)17-13-8-5-6-9-15(13)21-10-4-2/h4-6,8-9,11H,2-3,7,10H2,1H3,(H,17,20)(H,18,19). The third-order valence-electron chi connectivity index (χ3n) is 2.87. The summed E-state index contributed by atoms with van der Waals surface area (Å²) in [4.78, 5) is 12.2. The summed E-state index contributed by atoms with van der Waals surface area (Å²) in [7, 11) is 0. The Balaban J connectivity index is 2.09. The first-order valence-electron chi connectivity index (χ1n) is 6.93. The van der Waals surface area contributed by atoms with Gasteiger partial charge in [0.05, 0.1) is 5.69 Å². The van der Waals surface area contributed by atoms with Crippen LogP contribution in [0.5, 0.6) is 5.75 Å². The number of benzene rings is 1. The molecule has 0 unspecified atom stereocenters. The molecule has 0 fully saturated rings. The molecule has 2 aromatic rings. The molecule has 2 N–H and O–H groups in total. The number of carbonyl (C=O) groups is 1. The van der Waals surface area contributed by atoms with Crippen molar-refractivity contribution in [3.05, 3.63) is 54.4 Å². The summed E-state index contributed by atoms with van der Waals surface area (Å²) in [6, 6.07) is 9.04. The van der Waals surface area contributed by atoms with E-state index in [1.54, 1.807) is 24.3 Å². The predicted octanol–water partition coefficient (Wildman–Crippen LogP) is 3.18. The first-order valence-corrected chi connectivity index (χ1v) is 6.93. The lowest BCUT2D eigenvalue weighted by molar-refractivity contribution is 0.102. The van der Waals surface area contributed by atoms with Crippen LogP contribution in [0.4, 0.5) is 5.69 Å². The van der Waals surface area contributed by atoms with E-state index in [4.69, 9.17) is 4.74 Å². The van der Waals surface area contributed by atoms with Crippen LogP contribution in [0.3, 0.4) is 0 Å². The molecular formula is C16H19N3O2. The molecule has 5 nitrogen and oxygen atoms in total. The highest BCUT2D eigenvalue weighted by atomic mass is 16.5. The molecule has 0 saturated heterocycles. The highest BCUT2D eigenvalue weighted by molar-refractivity contribution is 6.03. The van der Waals surface area contributed by atoms with Crippen LogP contribution >= 0.6 is 0 Å². The lowest BCUT2D eigenvalue weighted by Crippen LogP contribution is -2.13. The van der Waals surface area contributed by atoms with E-state index in [9.17, 15) is 4.79 Å². The monoisotopic (exact) mass is 285 g/mol. The zero-order valence-electron chi connectivity index (χ0n) is 12.1. The molecule has 1 aromatic carbocycles. The number of amides is 1. The van der Waals surface area contributed by atoms with Crippen molar-refractivity contribution in [1.82, 2.24) is 10.2 Å². The van der Waals surface area contributed by atoms with Gasteiger partial charge < -0.3 is 10.1 Å². The van der Waals surface area contributed by atoms with E-state index in [2.05, 4.69) is 29.0 Å². The van der Waals surface area contributed by atoms with Crippen molar-refractivity contribution in [3.8, 4) is 5.75 Å². The Hall–Kier alpha value is -2.56. The van der Waals surface area contributed by atoms with Crippen LogP contribution in [-0.2, 0) is 6.42 Å². The zero-order chi connectivity index (χ0) is 15.1. The average Bonchev–Trinajstić information content (AvgIpc) is 2.95. The van der Waals surface area contributed by atoms with Gasteiger partial charge in [-0.15, -0.1) is 0 Å². The van der Waals surface area contributed by atoms with Gasteiger partial charge in [-0.2, -0.15) is 5.10 Å². The molecule has 1 heterocycles. The molecule has 0 radical (unpaired) electrons. The number of anilines is 1. The summed E-state index contributed by atoms with van der Waals surface area (Å²) in [6.07, 6.45) is 3.53. The van der Waals surface area contributed by atoms with Gasteiger partial charge in [-0.1, -0.05) is 38.1 Å². The van der Waals surface area contributed by atoms with E-state index in [0.717, 1.165) is 18.5 Å². The first kappa shape index (κ1) is 14.8. The molecule has 1 amide bonds. The van der Waals surface area contributed by atoms with Gasteiger partial charge in [0.1, 0.15) is 12.4 Å². The van der Waals surface area contributed by atoms with Crippen LogP contribution in [0, 0.1) is 0 Å². The van der Waals surface area contributed by atoms with Crippen molar-refractivity contribution in [3.63, 3.8) is 0 Å². The number of nitrogens with one attached hydrogen (secondary N) is 2. The van der Waals surface area contributed by atoms with Gasteiger partial charge in [0, 0.05) is 5.69 Å². The highest BCUT2D eigenvalue weighted by Gasteiger charge is 2.12. The van der Waals surface area contributed by atoms with Crippen LogP contribution in [0.15, 0.2) is 43.0 Å². The Morgan fingerprint density at radius 2 is 2.29 bits per heavy atom. The highest BCUT2D eigenvalue weighted by Crippen LogP contribution is 2.24. The molecule has 5 heteroatoms. The zero-order valence-corrected chi connectivity index (χ0v) is 12.1. The van der Waals surface area contributed by atoms with E-state index in [0.29, 0.717) is 23.7 Å². The predicted molar refractivity (Wildman–Crippen MR) is 82.7 cm³/mol. The fourth-order valence-electron chi connectivity index (χ4n) is 1.91. The van der Waals surface area contributed by atoms with E-state index < -0.39 is 0 Å². The number of rotatable bonds is 7. The number of carbonyl (C=O) groups excluding carboxylic acids is 1. The Morgan fingerprint density at radius 3 is 3.05 bits per heavy atom. The average molecular weight is 285 g/mol. The van der Waals surface area contributed by atoms with Crippen LogP contribution in [0.1, 0.15) is 29.5 Å². The van der Waals surface area contributed by atoms with Crippen LogP contribution < -0.4 is 10.1 Å². The van der Waals surface area contributed by atoms with Gasteiger partial charge in [0.2, 0.25) is 0 Å². The molecule has 0 bridgehead atoms. The Morgan fingerprint density at radius 1 is 1.48 bits per heavy atom. The number of nitrogens with zero attached hydrogens (tertiary/aromatic N) is 1. The first-order chi connectivity index (χ1) is 10.2. The second-order valence-corrected chi connectivity index (χ2v) is 4.58. The number of aromatic nitrogens is 2. The number of para-hydroxylation sites is 2. The number of ether oxygens (including phenoxy) is 1. The molecule has 0 spiro atoms. The fourth-order valence-corrected chi connectivity index (χ4v) is 1.91. The molecule has 0 aliphatic carbocycles. The lowest BCUT2D eigenvalue weighted by atomic mass is 10.2. The van der Waals surface area contributed by atoms with Crippen molar-refractivity contribution >= 4 is 11.6 Å². The van der Waals surface area contributed by atoms with Crippen LogP contribution in [0.25, 0.3) is 0 Å². The Labute approximate surface area is 124 Å². The van der Waals surface area contributed by atoms with Crippen molar-refractivity contribution in [2.75, 3.05) is 11.9 Å². The Bertz CT molecular complexity index is 619. The van der Waals surface area contributed by atoms with Crippen molar-refractivity contribution in [2.45, 2.75) is 19.8 Å². The molecule has 2 rings (SSSR count). The summed E-state index contributed by atoms with van der Waals surface area (Å²) in [5, 5.41) is 9.71. The maximum Gasteiger partial charge on any atom is 0.276 e. The molecule has 0 saturated carbocycles. The van der Waals surface area contributed by atoms with Crippen molar-refractivity contribution < 1.29 is 9.53 Å². The topological polar surface area (TPSA) is 67.0 Å². The minimum Gasteiger partial charge on any atom is -0.487 e. The maximum atomic E-state index is 12.2. The molecule has 110 valence electrons. The number of H-pyrrole nitrogens is 1. The number of aromatic amines is 1. The third kappa shape index (κ3) is 3.95. The van der Waals surface area contributed by atoms with Crippen molar-refractivity contribution in [2.24, 2.45) is 0 Å². The van der Waals surface area contributed by atoms with Gasteiger partial charge in [0.25, 0.3) is 5.91 Å². The minimum absolute atomic E-state index is 0.261. The van der Waals surface area contributed by atoms with Gasteiger partial charge in [-0.3, -0.25) is 9.89 Å². The van der Waals surface area contributed by atoms with E-state index in [1.165, 1.54) is 0 Å². The van der Waals surface area contributed by atoms with Gasteiger partial charge in [0.15, 0.2) is 5.69 Å². The largest absolute Gasteiger partial charge is 0.487 e. The van der Waals surface area contributed by atoms with Crippen LogP contribution in [-0.4, -0.2) is 22.7 Å². The van der Waals surface area contributed by atoms with E-state index >= 15 is 0 Å². The maximum absolute atomic E-state index is 12.2. The fraction of sp³-hybridized carbons (Fsp3) is 0.250. The van der Waals surface area contributed by atoms with Gasteiger partial charge >= 0.3 is 0 Å². The van der Waals surface area contributed by atoms with E-state index in [-0.39, 0.29) is 5.91 Å². The third-order valence-corrected chi connectivity index (χ3v) is 2.87. The van der Waals surface area contributed by atoms with Gasteiger partial charge in [-0.05, 0) is 24.6 Å². The minimum atomic E-state index is -0.261. The Kier molecular flexibility index (Phi) is 5.15. The van der Waals surface area contributed by atoms with Crippen LogP contribution in [0.2, 0.25) is 0 Å².